The van der Waals surface area contributed by atoms with Gasteiger partial charge in [0.15, 0.2) is 0 Å². The second-order valence-electron chi connectivity index (χ2n) is 6.09. The van der Waals surface area contributed by atoms with E-state index in [-0.39, 0.29) is 11.8 Å². The van der Waals surface area contributed by atoms with E-state index in [1.54, 1.807) is 4.90 Å². The van der Waals surface area contributed by atoms with Crippen molar-refractivity contribution >= 4 is 11.9 Å². The van der Waals surface area contributed by atoms with Crippen molar-refractivity contribution in [2.24, 2.45) is 11.3 Å². The number of carbonyl (C=O) groups excluding carboxylic acids is 1. The van der Waals surface area contributed by atoms with Crippen molar-refractivity contribution in [3.8, 4) is 0 Å². The third-order valence-corrected chi connectivity index (χ3v) is 4.77. The first kappa shape index (κ1) is 14.3. The van der Waals surface area contributed by atoms with Crippen molar-refractivity contribution < 1.29 is 14.7 Å². The number of piperidine rings is 1. The zero-order valence-electron chi connectivity index (χ0n) is 11.8. The summed E-state index contributed by atoms with van der Waals surface area (Å²) in [5.74, 6) is -0.594. The molecule has 0 spiro atoms. The van der Waals surface area contributed by atoms with Crippen LogP contribution in [-0.2, 0) is 9.59 Å². The summed E-state index contributed by atoms with van der Waals surface area (Å²) in [7, 11) is 0. The third kappa shape index (κ3) is 2.48. The Morgan fingerprint density at radius 3 is 2.63 bits per heavy atom. The first-order chi connectivity index (χ1) is 8.99. The van der Waals surface area contributed by atoms with E-state index in [1.165, 1.54) is 0 Å². The Morgan fingerprint density at radius 2 is 2.11 bits per heavy atom. The molecule has 2 fully saturated rings. The molecule has 0 aromatic carbocycles. The Labute approximate surface area is 114 Å². The number of nitrogens with one attached hydrogen (secondary N) is 1. The highest BCUT2D eigenvalue weighted by atomic mass is 16.4. The minimum atomic E-state index is -0.863. The zero-order valence-corrected chi connectivity index (χ0v) is 11.8. The molecule has 2 aliphatic heterocycles. The SMILES string of the molecule is CC(C)C1(C(=O)N2CCCCC2C(=O)O)CCNC1. The fourth-order valence-corrected chi connectivity index (χ4v) is 3.35. The number of likely N-dealkylation sites (tertiary alicyclic amines) is 1. The Morgan fingerprint density at radius 1 is 1.37 bits per heavy atom. The molecular weight excluding hydrogens is 244 g/mol. The van der Waals surface area contributed by atoms with Gasteiger partial charge in [-0.1, -0.05) is 13.8 Å². The molecule has 2 saturated heterocycles. The number of nitrogens with zero attached hydrogens (tertiary/aromatic N) is 1. The minimum absolute atomic E-state index is 0.0413. The van der Waals surface area contributed by atoms with Crippen LogP contribution in [0.5, 0.6) is 0 Å². The second kappa shape index (κ2) is 5.49. The van der Waals surface area contributed by atoms with Crippen LogP contribution >= 0.6 is 0 Å². The highest BCUT2D eigenvalue weighted by Crippen LogP contribution is 2.37. The van der Waals surface area contributed by atoms with Gasteiger partial charge in [0.1, 0.15) is 6.04 Å². The highest BCUT2D eigenvalue weighted by Gasteiger charge is 2.48. The fraction of sp³-hybridized carbons (Fsp3) is 0.857. The number of rotatable bonds is 3. The largest absolute Gasteiger partial charge is 0.480 e. The van der Waals surface area contributed by atoms with Crippen LogP contribution in [0.15, 0.2) is 0 Å². The topological polar surface area (TPSA) is 69.6 Å². The Bertz CT molecular complexity index is 362. The van der Waals surface area contributed by atoms with Gasteiger partial charge in [-0.05, 0) is 38.1 Å². The van der Waals surface area contributed by atoms with Crippen LogP contribution in [0.1, 0.15) is 39.5 Å². The summed E-state index contributed by atoms with van der Waals surface area (Å²) in [6.07, 6.45) is 3.21. The normalized spacial score (nSPS) is 31.7. The van der Waals surface area contributed by atoms with Crippen molar-refractivity contribution in [3.63, 3.8) is 0 Å². The standard InChI is InChI=1S/C14H24N2O3/c1-10(2)14(6-7-15-9-14)13(19)16-8-4-3-5-11(16)12(17)18/h10-11,15H,3-9H2,1-2H3,(H,17,18). The van der Waals surface area contributed by atoms with Crippen LogP contribution < -0.4 is 5.32 Å². The third-order valence-electron chi connectivity index (χ3n) is 4.77. The van der Waals surface area contributed by atoms with Crippen LogP contribution in [-0.4, -0.2) is 47.6 Å². The Balaban J connectivity index is 2.23. The fourth-order valence-electron chi connectivity index (χ4n) is 3.35. The van der Waals surface area contributed by atoms with Gasteiger partial charge in [-0.2, -0.15) is 0 Å². The van der Waals surface area contributed by atoms with Crippen molar-refractivity contribution in [1.82, 2.24) is 10.2 Å². The quantitative estimate of drug-likeness (QED) is 0.804. The lowest BCUT2D eigenvalue weighted by Gasteiger charge is -2.41. The molecule has 19 heavy (non-hydrogen) atoms. The lowest BCUT2D eigenvalue weighted by atomic mass is 9.74. The van der Waals surface area contributed by atoms with Crippen molar-refractivity contribution in [3.05, 3.63) is 0 Å². The van der Waals surface area contributed by atoms with Gasteiger partial charge >= 0.3 is 5.97 Å². The molecule has 0 aliphatic carbocycles. The number of hydrogen-bond donors (Lipinski definition) is 2. The van der Waals surface area contributed by atoms with E-state index in [9.17, 15) is 14.7 Å². The number of carbonyl (C=O) groups is 2. The van der Waals surface area contributed by atoms with Gasteiger partial charge in [-0.25, -0.2) is 4.79 Å². The molecule has 0 bridgehead atoms. The molecule has 108 valence electrons. The first-order valence-corrected chi connectivity index (χ1v) is 7.23. The predicted molar refractivity (Wildman–Crippen MR) is 71.7 cm³/mol. The van der Waals surface area contributed by atoms with Crippen molar-refractivity contribution in [2.75, 3.05) is 19.6 Å². The average Bonchev–Trinajstić information content (AvgIpc) is 2.88. The monoisotopic (exact) mass is 268 g/mol. The molecule has 0 saturated carbocycles. The van der Waals surface area contributed by atoms with Gasteiger partial charge in [0.25, 0.3) is 0 Å². The maximum atomic E-state index is 12.9. The summed E-state index contributed by atoms with van der Waals surface area (Å²) in [6.45, 7) is 6.22. The molecule has 1 amide bonds. The number of carboxylic acid groups (broad SMARTS) is 1. The van der Waals surface area contributed by atoms with Gasteiger partial charge in [0.05, 0.1) is 5.41 Å². The molecular formula is C14H24N2O3. The molecule has 2 rings (SSSR count). The van der Waals surface area contributed by atoms with E-state index in [0.717, 1.165) is 25.8 Å². The molecule has 2 atom stereocenters. The number of carboxylic acids is 1. The zero-order chi connectivity index (χ0) is 14.0. The maximum Gasteiger partial charge on any atom is 0.326 e. The van der Waals surface area contributed by atoms with Gasteiger partial charge in [-0.15, -0.1) is 0 Å². The predicted octanol–water partition coefficient (Wildman–Crippen LogP) is 1.09. The molecule has 2 N–H and O–H groups in total. The summed E-state index contributed by atoms with van der Waals surface area (Å²) >= 11 is 0. The highest BCUT2D eigenvalue weighted by molar-refractivity contribution is 5.88. The molecule has 0 aromatic heterocycles. The maximum absolute atomic E-state index is 12.9. The van der Waals surface area contributed by atoms with E-state index < -0.39 is 17.4 Å². The Kier molecular flexibility index (Phi) is 4.13. The second-order valence-corrected chi connectivity index (χ2v) is 6.09. The number of amides is 1. The van der Waals surface area contributed by atoms with E-state index in [1.807, 2.05) is 0 Å². The lowest BCUT2D eigenvalue weighted by molar-refractivity contribution is -0.158. The molecule has 5 nitrogen and oxygen atoms in total. The van der Waals surface area contributed by atoms with E-state index in [0.29, 0.717) is 19.5 Å². The lowest BCUT2D eigenvalue weighted by Crippen LogP contribution is -2.55. The summed E-state index contributed by atoms with van der Waals surface area (Å²) < 4.78 is 0. The molecule has 0 aromatic rings. The van der Waals surface area contributed by atoms with Gasteiger partial charge in [0.2, 0.25) is 5.91 Å². The van der Waals surface area contributed by atoms with E-state index in [2.05, 4.69) is 19.2 Å². The molecule has 5 heteroatoms. The number of hydrogen-bond acceptors (Lipinski definition) is 3. The Hall–Kier alpha value is -1.10. The van der Waals surface area contributed by atoms with Gasteiger partial charge in [-0.3, -0.25) is 4.79 Å². The van der Waals surface area contributed by atoms with E-state index >= 15 is 0 Å². The molecule has 0 radical (unpaired) electrons. The van der Waals surface area contributed by atoms with Crippen molar-refractivity contribution in [2.45, 2.75) is 45.6 Å². The molecule has 2 aliphatic rings. The van der Waals surface area contributed by atoms with E-state index in [4.69, 9.17) is 0 Å². The van der Waals surface area contributed by atoms with Gasteiger partial charge in [0, 0.05) is 13.1 Å². The summed E-state index contributed by atoms with van der Waals surface area (Å²) in [5, 5.41) is 12.6. The minimum Gasteiger partial charge on any atom is -0.480 e. The summed E-state index contributed by atoms with van der Waals surface area (Å²) in [6, 6.07) is -0.627. The van der Waals surface area contributed by atoms with Crippen LogP contribution in [0.3, 0.4) is 0 Å². The summed E-state index contributed by atoms with van der Waals surface area (Å²) in [4.78, 5) is 25.9. The van der Waals surface area contributed by atoms with Crippen LogP contribution in [0.4, 0.5) is 0 Å². The van der Waals surface area contributed by atoms with Crippen LogP contribution in [0.2, 0.25) is 0 Å². The van der Waals surface area contributed by atoms with Crippen LogP contribution in [0, 0.1) is 11.3 Å². The molecule has 2 unspecified atom stereocenters. The van der Waals surface area contributed by atoms with Crippen molar-refractivity contribution in [1.29, 1.82) is 0 Å². The summed E-state index contributed by atoms with van der Waals surface area (Å²) in [5.41, 5.74) is -0.412. The number of aliphatic carboxylic acids is 1. The molecule has 2 heterocycles. The average molecular weight is 268 g/mol. The van der Waals surface area contributed by atoms with Crippen LogP contribution in [0.25, 0.3) is 0 Å². The smallest absolute Gasteiger partial charge is 0.326 e. The van der Waals surface area contributed by atoms with Gasteiger partial charge < -0.3 is 15.3 Å². The first-order valence-electron chi connectivity index (χ1n) is 7.23.